The normalized spacial score (nSPS) is 11.4. The predicted molar refractivity (Wildman–Crippen MR) is 75.7 cm³/mol. The lowest BCUT2D eigenvalue weighted by Crippen LogP contribution is -2.17. The first-order valence-corrected chi connectivity index (χ1v) is 7.51. The summed E-state index contributed by atoms with van der Waals surface area (Å²) in [7, 11) is -4.04. The van der Waals surface area contributed by atoms with E-state index in [4.69, 9.17) is 0 Å². The molecule has 0 aliphatic carbocycles. The van der Waals surface area contributed by atoms with Gasteiger partial charge < -0.3 is 0 Å². The van der Waals surface area contributed by atoms with Crippen molar-refractivity contribution in [2.75, 3.05) is 4.72 Å². The minimum Gasteiger partial charge on any atom is -0.278 e. The number of aromatic nitrogens is 1. The Morgan fingerprint density at radius 1 is 1.15 bits per heavy atom. The summed E-state index contributed by atoms with van der Waals surface area (Å²) < 4.78 is 40.4. The Kier molecular flexibility index (Phi) is 3.76. The molecule has 106 valence electrons. The number of nitrogens with one attached hydrogen (secondary N) is 1. The molecule has 2 aromatic rings. The van der Waals surface area contributed by atoms with Crippen LogP contribution in [0.5, 0.6) is 0 Å². The lowest BCUT2D eigenvalue weighted by atomic mass is 10.1. The first kappa shape index (κ1) is 14.5. The molecule has 0 unspecified atom stereocenters. The van der Waals surface area contributed by atoms with Crippen LogP contribution in [0.25, 0.3) is 0 Å². The number of pyridine rings is 1. The monoisotopic (exact) mass is 294 g/mol. The highest BCUT2D eigenvalue weighted by Gasteiger charge is 2.22. The summed E-state index contributed by atoms with van der Waals surface area (Å²) in [6.07, 6.45) is 1.24. The van der Waals surface area contributed by atoms with Crippen molar-refractivity contribution in [3.63, 3.8) is 0 Å². The minimum absolute atomic E-state index is 0.459. The van der Waals surface area contributed by atoms with Crippen LogP contribution in [0.3, 0.4) is 0 Å². The predicted octanol–water partition coefficient (Wildman–Crippen LogP) is 2.95. The highest BCUT2D eigenvalue weighted by molar-refractivity contribution is 7.92. The van der Waals surface area contributed by atoms with E-state index in [1.54, 1.807) is 13.8 Å². The SMILES string of the molecule is Cc1cc(C)c(NS(=O)(=O)c2ncccc2F)c(C)c1. The van der Waals surface area contributed by atoms with Crippen LogP contribution in [0.4, 0.5) is 10.1 Å². The molecule has 1 heterocycles. The van der Waals surface area contributed by atoms with Crippen LogP contribution in [0, 0.1) is 26.6 Å². The average Bonchev–Trinajstić information content (AvgIpc) is 2.34. The lowest BCUT2D eigenvalue weighted by molar-refractivity contribution is 0.556. The molecule has 0 atom stereocenters. The van der Waals surface area contributed by atoms with Gasteiger partial charge in [-0.1, -0.05) is 17.7 Å². The third-order valence-electron chi connectivity index (χ3n) is 2.89. The molecular formula is C14H15FN2O2S. The minimum atomic E-state index is -4.04. The summed E-state index contributed by atoms with van der Waals surface area (Å²) in [6, 6.07) is 6.13. The van der Waals surface area contributed by atoms with Crippen molar-refractivity contribution in [2.24, 2.45) is 0 Å². The molecular weight excluding hydrogens is 279 g/mol. The van der Waals surface area contributed by atoms with Crippen molar-refractivity contribution >= 4 is 15.7 Å². The summed E-state index contributed by atoms with van der Waals surface area (Å²) >= 11 is 0. The van der Waals surface area contributed by atoms with Crippen molar-refractivity contribution in [3.05, 3.63) is 53.0 Å². The number of sulfonamides is 1. The average molecular weight is 294 g/mol. The van der Waals surface area contributed by atoms with Gasteiger partial charge in [0, 0.05) is 6.20 Å². The molecule has 0 radical (unpaired) electrons. The van der Waals surface area contributed by atoms with Gasteiger partial charge in [-0.15, -0.1) is 0 Å². The maximum absolute atomic E-state index is 13.6. The Hall–Kier alpha value is -1.95. The van der Waals surface area contributed by atoms with E-state index in [-0.39, 0.29) is 0 Å². The molecule has 4 nitrogen and oxygen atoms in total. The van der Waals surface area contributed by atoms with Crippen LogP contribution in [0.15, 0.2) is 35.5 Å². The fourth-order valence-corrected chi connectivity index (χ4v) is 3.30. The van der Waals surface area contributed by atoms with E-state index >= 15 is 0 Å². The highest BCUT2D eigenvalue weighted by Crippen LogP contribution is 2.25. The summed E-state index contributed by atoms with van der Waals surface area (Å²) in [4.78, 5) is 3.60. The summed E-state index contributed by atoms with van der Waals surface area (Å²) in [5, 5.41) is -0.598. The first-order chi connectivity index (χ1) is 9.31. The molecule has 20 heavy (non-hydrogen) atoms. The van der Waals surface area contributed by atoms with Crippen molar-refractivity contribution in [1.82, 2.24) is 4.98 Å². The summed E-state index contributed by atoms with van der Waals surface area (Å²) in [5.74, 6) is -0.873. The van der Waals surface area contributed by atoms with Crippen LogP contribution >= 0.6 is 0 Å². The molecule has 0 spiro atoms. The molecule has 0 saturated heterocycles. The Morgan fingerprint density at radius 2 is 1.75 bits per heavy atom. The zero-order chi connectivity index (χ0) is 14.9. The molecule has 0 saturated carbocycles. The van der Waals surface area contributed by atoms with E-state index < -0.39 is 20.9 Å². The number of hydrogen-bond acceptors (Lipinski definition) is 3. The van der Waals surface area contributed by atoms with Gasteiger partial charge in [0.25, 0.3) is 10.0 Å². The van der Waals surface area contributed by atoms with E-state index in [2.05, 4.69) is 9.71 Å². The smallest absolute Gasteiger partial charge is 0.278 e. The quantitative estimate of drug-likeness (QED) is 0.946. The number of benzene rings is 1. The van der Waals surface area contributed by atoms with Crippen LogP contribution in [0.2, 0.25) is 0 Å². The van der Waals surface area contributed by atoms with Crippen molar-refractivity contribution in [1.29, 1.82) is 0 Å². The van der Waals surface area contributed by atoms with Crippen molar-refractivity contribution in [2.45, 2.75) is 25.8 Å². The molecule has 0 bridgehead atoms. The number of halogens is 1. The Morgan fingerprint density at radius 3 is 2.30 bits per heavy atom. The molecule has 0 amide bonds. The second kappa shape index (κ2) is 5.20. The van der Waals surface area contributed by atoms with Gasteiger partial charge in [0.15, 0.2) is 5.82 Å². The van der Waals surface area contributed by atoms with Crippen LogP contribution in [-0.4, -0.2) is 13.4 Å². The van der Waals surface area contributed by atoms with Gasteiger partial charge in [0.2, 0.25) is 5.03 Å². The van der Waals surface area contributed by atoms with E-state index in [1.807, 2.05) is 19.1 Å². The molecule has 0 aliphatic rings. The number of aryl methyl sites for hydroxylation is 3. The van der Waals surface area contributed by atoms with Gasteiger partial charge in [0.1, 0.15) is 0 Å². The maximum atomic E-state index is 13.6. The van der Waals surface area contributed by atoms with Gasteiger partial charge in [-0.05, 0) is 44.0 Å². The van der Waals surface area contributed by atoms with Gasteiger partial charge in [-0.25, -0.2) is 9.37 Å². The molecule has 2 rings (SSSR count). The van der Waals surface area contributed by atoms with Crippen molar-refractivity contribution < 1.29 is 12.8 Å². The van der Waals surface area contributed by atoms with Crippen LogP contribution in [0.1, 0.15) is 16.7 Å². The van der Waals surface area contributed by atoms with Gasteiger partial charge in [-0.2, -0.15) is 8.42 Å². The van der Waals surface area contributed by atoms with Gasteiger partial charge >= 0.3 is 0 Å². The number of anilines is 1. The largest absolute Gasteiger partial charge is 0.282 e. The Bertz CT molecular complexity index is 735. The van der Waals surface area contributed by atoms with Crippen LogP contribution in [-0.2, 0) is 10.0 Å². The summed E-state index contributed by atoms with van der Waals surface area (Å²) in [6.45, 7) is 5.52. The molecule has 1 aromatic carbocycles. The molecule has 6 heteroatoms. The fourth-order valence-electron chi connectivity index (χ4n) is 2.09. The zero-order valence-corrected chi connectivity index (χ0v) is 12.3. The topological polar surface area (TPSA) is 59.1 Å². The highest BCUT2D eigenvalue weighted by atomic mass is 32.2. The second-order valence-corrected chi connectivity index (χ2v) is 6.27. The third-order valence-corrected chi connectivity index (χ3v) is 4.18. The standard InChI is InChI=1S/C14H15FN2O2S/c1-9-7-10(2)13(11(3)8-9)17-20(18,19)14-12(15)5-4-6-16-14/h4-8,17H,1-3H3. The first-order valence-electron chi connectivity index (χ1n) is 6.02. The Labute approximate surface area is 117 Å². The summed E-state index contributed by atoms with van der Waals surface area (Å²) in [5.41, 5.74) is 3.05. The van der Waals surface area contributed by atoms with E-state index in [0.29, 0.717) is 5.69 Å². The van der Waals surface area contributed by atoms with E-state index in [9.17, 15) is 12.8 Å². The second-order valence-electron chi connectivity index (χ2n) is 4.67. The zero-order valence-electron chi connectivity index (χ0n) is 11.4. The van der Waals surface area contributed by atoms with Crippen LogP contribution < -0.4 is 4.72 Å². The van der Waals surface area contributed by atoms with E-state index in [0.717, 1.165) is 22.8 Å². The number of hydrogen-bond donors (Lipinski definition) is 1. The third kappa shape index (κ3) is 2.80. The van der Waals surface area contributed by atoms with Gasteiger partial charge in [0.05, 0.1) is 5.69 Å². The molecule has 0 aliphatic heterocycles. The van der Waals surface area contributed by atoms with Crippen molar-refractivity contribution in [3.8, 4) is 0 Å². The molecule has 1 N–H and O–H groups in total. The Balaban J connectivity index is 2.47. The van der Waals surface area contributed by atoms with Gasteiger partial charge in [-0.3, -0.25) is 4.72 Å². The fraction of sp³-hybridized carbons (Fsp3) is 0.214. The number of nitrogens with zero attached hydrogens (tertiary/aromatic N) is 1. The molecule has 0 fully saturated rings. The van der Waals surface area contributed by atoms with E-state index in [1.165, 1.54) is 12.3 Å². The maximum Gasteiger partial charge on any atom is 0.282 e. The number of rotatable bonds is 3. The molecule has 1 aromatic heterocycles. The lowest BCUT2D eigenvalue weighted by Gasteiger charge is -2.14.